The fraction of sp³-hybridized carbons (Fsp3) is 0.400. The van der Waals surface area contributed by atoms with Gasteiger partial charge in [-0.1, -0.05) is 23.7 Å². The summed E-state index contributed by atoms with van der Waals surface area (Å²) in [6.07, 6.45) is 5.16. The van der Waals surface area contributed by atoms with Gasteiger partial charge in [-0.15, -0.1) is 0 Å². The van der Waals surface area contributed by atoms with Crippen molar-refractivity contribution in [3.05, 3.63) is 53.3 Å². The summed E-state index contributed by atoms with van der Waals surface area (Å²) in [4.78, 5) is 29.3. The van der Waals surface area contributed by atoms with Crippen molar-refractivity contribution in [2.45, 2.75) is 25.3 Å². The second kappa shape index (κ2) is 10.1. The highest BCUT2D eigenvalue weighted by molar-refractivity contribution is 6.30. The minimum Gasteiger partial charge on any atom is -0.355 e. The number of carbonyl (C=O) groups excluding carboxylic acids is 2. The van der Waals surface area contributed by atoms with Gasteiger partial charge < -0.3 is 10.6 Å². The summed E-state index contributed by atoms with van der Waals surface area (Å²) >= 11 is 6.01. The van der Waals surface area contributed by atoms with Crippen LogP contribution in [0.5, 0.6) is 0 Å². The van der Waals surface area contributed by atoms with Crippen LogP contribution in [0.15, 0.2) is 47.7 Å². The minimum absolute atomic E-state index is 0.0499. The first kappa shape index (κ1) is 20.9. The molecule has 29 heavy (non-hydrogen) atoms. The van der Waals surface area contributed by atoms with Gasteiger partial charge >= 0.3 is 0 Å². The van der Waals surface area contributed by atoms with Gasteiger partial charge in [-0.05, 0) is 30.2 Å². The van der Waals surface area contributed by atoms with E-state index in [-0.39, 0.29) is 17.9 Å². The molecule has 0 spiro atoms. The number of halogens is 1. The van der Waals surface area contributed by atoms with Crippen LogP contribution in [0.2, 0.25) is 5.02 Å². The molecule has 1 aromatic heterocycles. The van der Waals surface area contributed by atoms with Gasteiger partial charge in [0, 0.05) is 56.9 Å². The molecule has 1 aromatic carbocycles. The van der Waals surface area contributed by atoms with Crippen molar-refractivity contribution in [1.82, 2.24) is 25.3 Å². The molecule has 2 N–H and O–H groups in total. The fourth-order valence-electron chi connectivity index (χ4n) is 3.26. The Morgan fingerprint density at radius 1 is 1.21 bits per heavy atom. The maximum Gasteiger partial charge on any atom is 0.229 e. The molecule has 3 rings (SSSR count). The van der Waals surface area contributed by atoms with E-state index in [2.05, 4.69) is 20.7 Å². The molecular weight excluding hydrogens is 392 g/mol. The summed E-state index contributed by atoms with van der Waals surface area (Å²) < 4.78 is 1.87. The standard InChI is InChI=1S/C20H25ClN6O2/c1-22-20(23-11-13-26-18(28)4-2-5-19(26)29)24-14-17(27-12-3-10-25-27)15-6-8-16(21)9-7-15/h3,6-10,12,17H,2,4-5,11,13-14H2,1H3,(H2,22,23,24). The Labute approximate surface area is 174 Å². The summed E-state index contributed by atoms with van der Waals surface area (Å²) in [6.45, 7) is 1.31. The molecule has 0 bridgehead atoms. The molecule has 2 amide bonds. The SMILES string of the molecule is CN=C(NCCN1C(=O)CCCC1=O)NCC(c1ccc(Cl)cc1)n1cccn1. The Hall–Kier alpha value is -2.87. The normalized spacial score (nSPS) is 16.1. The van der Waals surface area contributed by atoms with Crippen molar-refractivity contribution in [2.24, 2.45) is 4.99 Å². The summed E-state index contributed by atoms with van der Waals surface area (Å²) in [5.74, 6) is 0.382. The molecule has 1 saturated heterocycles. The third kappa shape index (κ3) is 5.57. The van der Waals surface area contributed by atoms with Crippen molar-refractivity contribution in [3.63, 3.8) is 0 Å². The summed E-state index contributed by atoms with van der Waals surface area (Å²) in [6, 6.07) is 9.48. The van der Waals surface area contributed by atoms with Crippen molar-refractivity contribution >= 4 is 29.4 Å². The van der Waals surface area contributed by atoms with Gasteiger partial charge in [0.2, 0.25) is 11.8 Å². The van der Waals surface area contributed by atoms with Gasteiger partial charge in [0.05, 0.1) is 6.04 Å². The Balaban J connectivity index is 1.57. The third-order valence-electron chi connectivity index (χ3n) is 4.80. The van der Waals surface area contributed by atoms with E-state index in [0.29, 0.717) is 49.9 Å². The van der Waals surface area contributed by atoms with Gasteiger partial charge in [0.1, 0.15) is 0 Å². The van der Waals surface area contributed by atoms with Crippen LogP contribution in [-0.4, -0.2) is 59.1 Å². The van der Waals surface area contributed by atoms with Crippen LogP contribution < -0.4 is 10.6 Å². The van der Waals surface area contributed by atoms with Crippen molar-refractivity contribution < 1.29 is 9.59 Å². The zero-order valence-electron chi connectivity index (χ0n) is 16.3. The van der Waals surface area contributed by atoms with E-state index in [1.807, 2.05) is 41.2 Å². The first-order valence-electron chi connectivity index (χ1n) is 9.61. The number of carbonyl (C=O) groups is 2. The lowest BCUT2D eigenvalue weighted by Gasteiger charge is -2.25. The quantitative estimate of drug-likeness (QED) is 0.408. The molecule has 1 fully saturated rings. The molecule has 154 valence electrons. The minimum atomic E-state index is -0.104. The van der Waals surface area contributed by atoms with Crippen molar-refractivity contribution in [1.29, 1.82) is 0 Å². The second-order valence-electron chi connectivity index (χ2n) is 6.73. The van der Waals surface area contributed by atoms with E-state index in [0.717, 1.165) is 5.56 Å². The maximum absolute atomic E-state index is 11.9. The number of guanidine groups is 1. The van der Waals surface area contributed by atoms with Gasteiger partial charge in [0.25, 0.3) is 0 Å². The molecule has 1 aliphatic rings. The van der Waals surface area contributed by atoms with E-state index in [1.165, 1.54) is 4.90 Å². The second-order valence-corrected chi connectivity index (χ2v) is 7.16. The average Bonchev–Trinajstić information content (AvgIpc) is 3.24. The number of hydrogen-bond donors (Lipinski definition) is 2. The van der Waals surface area contributed by atoms with E-state index in [1.54, 1.807) is 13.2 Å². The highest BCUT2D eigenvalue weighted by Gasteiger charge is 2.25. The Morgan fingerprint density at radius 2 is 1.93 bits per heavy atom. The van der Waals surface area contributed by atoms with Crippen LogP contribution in [0, 0.1) is 0 Å². The molecule has 0 radical (unpaired) electrons. The lowest BCUT2D eigenvalue weighted by molar-refractivity contribution is -0.147. The molecule has 0 aliphatic carbocycles. The van der Waals surface area contributed by atoms with Crippen molar-refractivity contribution in [3.8, 4) is 0 Å². The van der Waals surface area contributed by atoms with Gasteiger partial charge in [-0.25, -0.2) is 0 Å². The van der Waals surface area contributed by atoms with Crippen LogP contribution in [0.4, 0.5) is 0 Å². The van der Waals surface area contributed by atoms with E-state index < -0.39 is 0 Å². The number of amides is 2. The Morgan fingerprint density at radius 3 is 2.55 bits per heavy atom. The van der Waals surface area contributed by atoms with Gasteiger partial charge in [0.15, 0.2) is 5.96 Å². The van der Waals surface area contributed by atoms with Gasteiger partial charge in [-0.3, -0.25) is 24.2 Å². The van der Waals surface area contributed by atoms with Crippen molar-refractivity contribution in [2.75, 3.05) is 26.7 Å². The molecule has 9 heteroatoms. The fourth-order valence-corrected chi connectivity index (χ4v) is 3.39. The predicted molar refractivity (Wildman–Crippen MR) is 112 cm³/mol. The number of nitrogens with one attached hydrogen (secondary N) is 2. The first-order chi connectivity index (χ1) is 14.1. The number of nitrogens with zero attached hydrogens (tertiary/aromatic N) is 4. The number of rotatable bonds is 7. The molecule has 8 nitrogen and oxygen atoms in total. The molecule has 0 saturated carbocycles. The average molecular weight is 417 g/mol. The van der Waals surface area contributed by atoms with Crippen LogP contribution in [-0.2, 0) is 9.59 Å². The van der Waals surface area contributed by atoms with Crippen LogP contribution >= 0.6 is 11.6 Å². The maximum atomic E-state index is 11.9. The van der Waals surface area contributed by atoms with Crippen LogP contribution in [0.3, 0.4) is 0 Å². The molecular formula is C20H25ClN6O2. The highest BCUT2D eigenvalue weighted by atomic mass is 35.5. The number of likely N-dealkylation sites (tertiary alicyclic amines) is 1. The largest absolute Gasteiger partial charge is 0.355 e. The molecule has 2 aromatic rings. The number of benzene rings is 1. The zero-order chi connectivity index (χ0) is 20.6. The van der Waals surface area contributed by atoms with E-state index in [4.69, 9.17) is 11.6 Å². The lowest BCUT2D eigenvalue weighted by Crippen LogP contribution is -2.47. The summed E-state index contributed by atoms with van der Waals surface area (Å²) in [5.41, 5.74) is 1.06. The van der Waals surface area contributed by atoms with Crippen LogP contribution in [0.1, 0.15) is 30.9 Å². The number of aliphatic imine (C=N–C) groups is 1. The number of aromatic nitrogens is 2. The number of piperidine rings is 1. The Bertz CT molecular complexity index is 834. The topological polar surface area (TPSA) is 91.6 Å². The zero-order valence-corrected chi connectivity index (χ0v) is 17.1. The lowest BCUT2D eigenvalue weighted by atomic mass is 10.1. The number of hydrogen-bond acceptors (Lipinski definition) is 4. The predicted octanol–water partition coefficient (Wildman–Crippen LogP) is 1.83. The van der Waals surface area contributed by atoms with E-state index >= 15 is 0 Å². The number of imide groups is 1. The molecule has 1 atom stereocenters. The van der Waals surface area contributed by atoms with Gasteiger partial charge in [-0.2, -0.15) is 5.10 Å². The highest BCUT2D eigenvalue weighted by Crippen LogP contribution is 2.19. The summed E-state index contributed by atoms with van der Waals surface area (Å²) in [7, 11) is 1.68. The third-order valence-corrected chi connectivity index (χ3v) is 5.05. The smallest absolute Gasteiger partial charge is 0.229 e. The molecule has 1 unspecified atom stereocenters. The van der Waals surface area contributed by atoms with Crippen LogP contribution in [0.25, 0.3) is 0 Å². The van der Waals surface area contributed by atoms with E-state index in [9.17, 15) is 9.59 Å². The first-order valence-corrected chi connectivity index (χ1v) is 9.98. The monoisotopic (exact) mass is 416 g/mol. The molecule has 1 aliphatic heterocycles. The molecule has 2 heterocycles. The Kier molecular flexibility index (Phi) is 7.24. The summed E-state index contributed by atoms with van der Waals surface area (Å²) in [5, 5.41) is 11.5.